The van der Waals surface area contributed by atoms with Crippen molar-refractivity contribution in [2.45, 2.75) is 51.0 Å². The number of aliphatic hydroxyl groups excluding tert-OH is 1. The number of hydrogen-bond acceptors (Lipinski definition) is 6. The number of rotatable bonds is 18. The predicted molar refractivity (Wildman–Crippen MR) is 127 cm³/mol. The van der Waals surface area contributed by atoms with Crippen LogP contribution >= 0.6 is 0 Å². The zero-order chi connectivity index (χ0) is 22.7. The smallest absolute Gasteiger partial charge is 0.239 e. The fourth-order valence-electron chi connectivity index (χ4n) is 3.12. The average molecular weight is 436 g/mol. The van der Waals surface area contributed by atoms with Crippen LogP contribution in [0.15, 0.2) is 24.3 Å². The predicted octanol–water partition coefficient (Wildman–Crippen LogP) is 0.490. The first-order valence-corrected chi connectivity index (χ1v) is 11.3. The van der Waals surface area contributed by atoms with E-state index in [4.69, 9.17) is 16.9 Å². The summed E-state index contributed by atoms with van der Waals surface area (Å²) >= 11 is 0. The van der Waals surface area contributed by atoms with Crippen LogP contribution in [0, 0.1) is 5.41 Å². The van der Waals surface area contributed by atoms with Gasteiger partial charge in [-0.15, -0.1) is 0 Å². The number of unbranched alkanes of at least 4 members (excludes halogenated alkanes) is 3. The van der Waals surface area contributed by atoms with E-state index in [1.807, 2.05) is 24.3 Å². The van der Waals surface area contributed by atoms with Crippen molar-refractivity contribution in [1.82, 2.24) is 16.0 Å². The molecule has 1 rings (SSSR count). The number of nitrogens with two attached hydrogens (primary N) is 2. The fourth-order valence-corrected chi connectivity index (χ4v) is 3.12. The van der Waals surface area contributed by atoms with Gasteiger partial charge in [-0.3, -0.25) is 10.2 Å². The Balaban J connectivity index is 2.07. The molecule has 1 amide bonds. The third-order valence-corrected chi connectivity index (χ3v) is 4.90. The van der Waals surface area contributed by atoms with Crippen LogP contribution in [0.5, 0.6) is 0 Å². The quantitative estimate of drug-likeness (QED) is 0.0945. The highest BCUT2D eigenvalue weighted by Gasteiger charge is 2.15. The van der Waals surface area contributed by atoms with Crippen molar-refractivity contribution in [1.29, 1.82) is 5.41 Å². The Morgan fingerprint density at radius 2 is 1.65 bits per heavy atom. The Morgan fingerprint density at radius 1 is 0.968 bits per heavy atom. The molecular weight excluding hydrogens is 394 g/mol. The zero-order valence-electron chi connectivity index (χ0n) is 18.6. The SMILES string of the molecule is N=C(N)Nc1ccc(CCCCCN[C@@H](CO)C(=O)NCCCCNCCCN)cc1. The number of nitrogens with one attached hydrogen (secondary N) is 5. The van der Waals surface area contributed by atoms with Gasteiger partial charge in [0.2, 0.25) is 5.91 Å². The third kappa shape index (κ3) is 13.7. The van der Waals surface area contributed by atoms with E-state index < -0.39 is 6.04 Å². The van der Waals surface area contributed by atoms with Crippen LogP contribution < -0.4 is 32.7 Å². The van der Waals surface area contributed by atoms with Crippen LogP contribution in [0.2, 0.25) is 0 Å². The molecule has 0 aliphatic rings. The maximum Gasteiger partial charge on any atom is 0.239 e. The molecule has 0 spiro atoms. The summed E-state index contributed by atoms with van der Waals surface area (Å²) in [4.78, 5) is 12.2. The first-order chi connectivity index (χ1) is 15.1. The molecule has 0 saturated carbocycles. The number of guanidine groups is 1. The number of carbonyl (C=O) groups excluding carboxylic acids is 1. The molecule has 9 heteroatoms. The van der Waals surface area contributed by atoms with E-state index in [0.717, 1.165) is 63.7 Å². The molecule has 0 radical (unpaired) electrons. The van der Waals surface area contributed by atoms with Gasteiger partial charge in [0.1, 0.15) is 6.04 Å². The van der Waals surface area contributed by atoms with Crippen molar-refractivity contribution in [3.63, 3.8) is 0 Å². The topological polar surface area (TPSA) is 161 Å². The molecule has 31 heavy (non-hydrogen) atoms. The van der Waals surface area contributed by atoms with E-state index in [1.54, 1.807) is 0 Å². The summed E-state index contributed by atoms with van der Waals surface area (Å²) in [5.41, 5.74) is 12.8. The largest absolute Gasteiger partial charge is 0.394 e. The Kier molecular flexibility index (Phi) is 15.1. The Morgan fingerprint density at radius 3 is 2.32 bits per heavy atom. The van der Waals surface area contributed by atoms with E-state index in [0.29, 0.717) is 19.6 Å². The molecule has 176 valence electrons. The second-order valence-electron chi connectivity index (χ2n) is 7.63. The summed E-state index contributed by atoms with van der Waals surface area (Å²) in [7, 11) is 0. The molecule has 0 aromatic heterocycles. The molecule has 9 nitrogen and oxygen atoms in total. The van der Waals surface area contributed by atoms with Crippen molar-refractivity contribution < 1.29 is 9.90 Å². The first-order valence-electron chi connectivity index (χ1n) is 11.3. The molecular formula is C22H41N7O2. The van der Waals surface area contributed by atoms with Crippen LogP contribution in [0.4, 0.5) is 5.69 Å². The molecule has 1 aromatic rings. The molecule has 0 unspecified atom stereocenters. The summed E-state index contributed by atoms with van der Waals surface area (Å²) in [5.74, 6) is -0.209. The maximum absolute atomic E-state index is 12.2. The van der Waals surface area contributed by atoms with Crippen molar-refractivity contribution in [2.24, 2.45) is 11.5 Å². The van der Waals surface area contributed by atoms with Crippen LogP contribution in [0.3, 0.4) is 0 Å². The van der Waals surface area contributed by atoms with E-state index in [9.17, 15) is 9.90 Å². The maximum atomic E-state index is 12.2. The highest BCUT2D eigenvalue weighted by molar-refractivity contribution is 5.89. The van der Waals surface area contributed by atoms with Gasteiger partial charge in [-0.05, 0) is 82.4 Å². The number of carbonyl (C=O) groups is 1. The number of hydrogen-bond donors (Lipinski definition) is 8. The summed E-state index contributed by atoms with van der Waals surface area (Å²) in [6.45, 7) is 3.68. The second-order valence-corrected chi connectivity index (χ2v) is 7.63. The average Bonchev–Trinajstić information content (AvgIpc) is 2.75. The molecule has 0 aliphatic carbocycles. The van der Waals surface area contributed by atoms with Crippen molar-refractivity contribution in [3.8, 4) is 0 Å². The summed E-state index contributed by atoms with van der Waals surface area (Å²) < 4.78 is 0. The van der Waals surface area contributed by atoms with Crippen molar-refractivity contribution in [2.75, 3.05) is 44.6 Å². The fraction of sp³-hybridized carbons (Fsp3) is 0.636. The number of aryl methyl sites for hydroxylation is 1. The van der Waals surface area contributed by atoms with Gasteiger partial charge in [0, 0.05) is 12.2 Å². The lowest BCUT2D eigenvalue weighted by atomic mass is 10.1. The zero-order valence-corrected chi connectivity index (χ0v) is 18.6. The van der Waals surface area contributed by atoms with Gasteiger partial charge >= 0.3 is 0 Å². The van der Waals surface area contributed by atoms with Crippen LogP contribution in [-0.4, -0.2) is 62.3 Å². The molecule has 0 saturated heterocycles. The highest BCUT2D eigenvalue weighted by Crippen LogP contribution is 2.12. The van der Waals surface area contributed by atoms with E-state index in [-0.39, 0.29) is 18.5 Å². The Hall–Kier alpha value is -2.20. The highest BCUT2D eigenvalue weighted by atomic mass is 16.3. The Bertz CT molecular complexity index is 610. The standard InChI is InChI=1S/C22H41N7O2/c23-12-6-14-26-13-4-5-16-28-21(31)20(17-30)27-15-3-1-2-7-18-8-10-19(11-9-18)29-22(24)25/h8-11,20,26-27,30H,1-7,12-17,23H2,(H,28,31)(H4,24,25,29)/t20-/m0/s1. The number of anilines is 1. The number of amides is 1. The summed E-state index contributed by atoms with van der Waals surface area (Å²) in [6.07, 6.45) is 6.90. The molecule has 0 fully saturated rings. The van der Waals surface area contributed by atoms with Gasteiger partial charge in [-0.2, -0.15) is 0 Å². The lowest BCUT2D eigenvalue weighted by molar-refractivity contribution is -0.124. The minimum Gasteiger partial charge on any atom is -0.394 e. The normalized spacial score (nSPS) is 11.8. The van der Waals surface area contributed by atoms with Crippen LogP contribution in [-0.2, 0) is 11.2 Å². The molecule has 0 bridgehead atoms. The van der Waals surface area contributed by atoms with Gasteiger partial charge < -0.3 is 37.8 Å². The van der Waals surface area contributed by atoms with E-state index in [2.05, 4.69) is 21.3 Å². The lowest BCUT2D eigenvalue weighted by Crippen LogP contribution is -2.47. The minimum absolute atomic E-state index is 0.0681. The first kappa shape index (κ1) is 26.8. The number of benzene rings is 1. The molecule has 10 N–H and O–H groups in total. The van der Waals surface area contributed by atoms with E-state index in [1.165, 1.54) is 5.56 Å². The van der Waals surface area contributed by atoms with Crippen molar-refractivity contribution >= 4 is 17.6 Å². The summed E-state index contributed by atoms with van der Waals surface area (Å²) in [5, 5.41) is 28.8. The van der Waals surface area contributed by atoms with Crippen molar-refractivity contribution in [3.05, 3.63) is 29.8 Å². The van der Waals surface area contributed by atoms with Gasteiger partial charge in [0.15, 0.2) is 5.96 Å². The van der Waals surface area contributed by atoms with Gasteiger partial charge in [-0.25, -0.2) is 0 Å². The monoisotopic (exact) mass is 435 g/mol. The third-order valence-electron chi connectivity index (χ3n) is 4.90. The second kappa shape index (κ2) is 17.5. The minimum atomic E-state index is -0.552. The lowest BCUT2D eigenvalue weighted by Gasteiger charge is -2.16. The molecule has 0 aliphatic heterocycles. The molecule has 0 heterocycles. The van der Waals surface area contributed by atoms with Crippen LogP contribution in [0.25, 0.3) is 0 Å². The Labute approximate surface area is 186 Å². The van der Waals surface area contributed by atoms with E-state index >= 15 is 0 Å². The van der Waals surface area contributed by atoms with Gasteiger partial charge in [0.05, 0.1) is 6.61 Å². The molecule has 1 atom stereocenters. The number of aliphatic hydroxyl groups is 1. The summed E-state index contributed by atoms with van der Waals surface area (Å²) in [6, 6.07) is 7.35. The van der Waals surface area contributed by atoms with Gasteiger partial charge in [0.25, 0.3) is 0 Å². The van der Waals surface area contributed by atoms with Gasteiger partial charge in [-0.1, -0.05) is 18.6 Å². The van der Waals surface area contributed by atoms with Crippen LogP contribution in [0.1, 0.15) is 44.1 Å². The molecule has 1 aromatic carbocycles.